The van der Waals surface area contributed by atoms with Crippen molar-refractivity contribution in [3.05, 3.63) is 11.4 Å². The normalized spacial score (nSPS) is 47.1. The van der Waals surface area contributed by atoms with Gasteiger partial charge in [-0.2, -0.15) is 5.26 Å². The highest BCUT2D eigenvalue weighted by Crippen LogP contribution is 2.52. The summed E-state index contributed by atoms with van der Waals surface area (Å²) in [7, 11) is 0. The van der Waals surface area contributed by atoms with Crippen molar-refractivity contribution in [2.24, 2.45) is 11.8 Å². The van der Waals surface area contributed by atoms with Crippen LogP contribution in [0.2, 0.25) is 0 Å². The van der Waals surface area contributed by atoms with E-state index in [0.29, 0.717) is 0 Å². The van der Waals surface area contributed by atoms with Crippen LogP contribution in [0.25, 0.3) is 4.85 Å². The third-order valence-corrected chi connectivity index (χ3v) is 2.39. The van der Waals surface area contributed by atoms with E-state index in [4.69, 9.17) is 11.8 Å². The smallest absolute Gasteiger partial charge is 0.294 e. The van der Waals surface area contributed by atoms with E-state index in [1.54, 1.807) is 0 Å². The van der Waals surface area contributed by atoms with Gasteiger partial charge in [0.2, 0.25) is 0 Å². The van der Waals surface area contributed by atoms with E-state index in [-0.39, 0.29) is 11.8 Å². The highest BCUT2D eigenvalue weighted by molar-refractivity contribution is 5.33. The molecular weight excluding hydrogens is 112 g/mol. The van der Waals surface area contributed by atoms with Crippen LogP contribution in [0, 0.1) is 29.7 Å². The predicted octanol–water partition coefficient (Wildman–Crippen LogP) is 1.45. The molecule has 2 heteroatoms. The first-order chi connectivity index (χ1) is 4.19. The van der Waals surface area contributed by atoms with Gasteiger partial charge in [0.1, 0.15) is 0 Å². The summed E-state index contributed by atoms with van der Waals surface area (Å²) in [6, 6.07) is 2.05. The van der Waals surface area contributed by atoms with Crippen LogP contribution < -0.4 is 0 Å². The first-order valence-electron chi connectivity index (χ1n) is 2.99. The average molecular weight is 120 g/mol. The fraction of sp³-hybridized carbons (Fsp3) is 0.714. The van der Waals surface area contributed by atoms with Gasteiger partial charge in [0.05, 0.1) is 11.8 Å². The maximum atomic E-state index is 8.53. The zero-order valence-corrected chi connectivity index (χ0v) is 5.55. The highest BCUT2D eigenvalue weighted by atomic mass is 14.9. The summed E-state index contributed by atoms with van der Waals surface area (Å²) in [6.45, 7) is 10.6. The van der Waals surface area contributed by atoms with Crippen molar-refractivity contribution in [1.29, 1.82) is 5.26 Å². The molecule has 0 aromatic heterocycles. The monoisotopic (exact) mass is 120 g/mol. The van der Waals surface area contributed by atoms with Crippen LogP contribution >= 0.6 is 0 Å². The lowest BCUT2D eigenvalue weighted by atomic mass is 10.2. The Kier molecular flexibility index (Phi) is 1.01. The van der Waals surface area contributed by atoms with Crippen molar-refractivity contribution in [2.45, 2.75) is 19.4 Å². The lowest BCUT2D eigenvalue weighted by molar-refractivity contribution is 0.834. The van der Waals surface area contributed by atoms with Crippen molar-refractivity contribution in [1.82, 2.24) is 0 Å². The zero-order valence-electron chi connectivity index (χ0n) is 5.55. The van der Waals surface area contributed by atoms with E-state index in [9.17, 15) is 0 Å². The molecule has 2 nitrogen and oxygen atoms in total. The Morgan fingerprint density at radius 2 is 2.00 bits per heavy atom. The van der Waals surface area contributed by atoms with Gasteiger partial charge in [0.15, 0.2) is 6.07 Å². The van der Waals surface area contributed by atoms with Crippen LogP contribution in [0.4, 0.5) is 0 Å². The van der Waals surface area contributed by atoms with E-state index in [1.165, 1.54) is 0 Å². The van der Waals surface area contributed by atoms with Crippen molar-refractivity contribution >= 4 is 0 Å². The molecule has 1 fully saturated rings. The molecule has 0 saturated heterocycles. The number of hydrogen-bond acceptors (Lipinski definition) is 1. The van der Waals surface area contributed by atoms with Gasteiger partial charge in [-0.15, -0.1) is 0 Å². The standard InChI is InChI=1S/C7H8N2/c1-5-6(2)7(5,4-8)9-3/h5-6H,1-2H3. The maximum absolute atomic E-state index is 8.53. The Bertz CT molecular complexity index is 182. The Morgan fingerprint density at radius 1 is 1.56 bits per heavy atom. The van der Waals surface area contributed by atoms with Crippen LogP contribution in [0.15, 0.2) is 0 Å². The third-order valence-electron chi connectivity index (χ3n) is 2.39. The fourth-order valence-electron chi connectivity index (χ4n) is 1.19. The van der Waals surface area contributed by atoms with Crippen molar-refractivity contribution in [3.8, 4) is 6.07 Å². The SMILES string of the molecule is [C-]#[N+]C1(C#N)C(C)C1C. The van der Waals surface area contributed by atoms with Crippen LogP contribution in [0.1, 0.15) is 13.8 Å². The summed E-state index contributed by atoms with van der Waals surface area (Å²) in [5.74, 6) is 0.556. The van der Waals surface area contributed by atoms with Crippen LogP contribution in [0.5, 0.6) is 0 Å². The maximum Gasteiger partial charge on any atom is 0.321 e. The molecule has 2 unspecified atom stereocenters. The Morgan fingerprint density at radius 3 is 2.00 bits per heavy atom. The van der Waals surface area contributed by atoms with Crippen molar-refractivity contribution in [3.63, 3.8) is 0 Å². The molecule has 2 atom stereocenters. The lowest BCUT2D eigenvalue weighted by Crippen LogP contribution is -2.00. The summed E-state index contributed by atoms with van der Waals surface area (Å²) in [6.07, 6.45) is 0. The van der Waals surface area contributed by atoms with Crippen LogP contribution in [-0.2, 0) is 0 Å². The molecule has 0 aromatic rings. The molecule has 0 aromatic carbocycles. The second-order valence-electron chi connectivity index (χ2n) is 2.63. The molecule has 1 saturated carbocycles. The Hall–Kier alpha value is -1.02. The largest absolute Gasteiger partial charge is 0.321 e. The van der Waals surface area contributed by atoms with Gasteiger partial charge < -0.3 is 0 Å². The Labute approximate surface area is 54.9 Å². The number of nitriles is 1. The van der Waals surface area contributed by atoms with E-state index in [0.717, 1.165) is 0 Å². The van der Waals surface area contributed by atoms with E-state index < -0.39 is 5.54 Å². The molecule has 1 aliphatic carbocycles. The number of rotatable bonds is 0. The molecule has 0 bridgehead atoms. The summed E-state index contributed by atoms with van der Waals surface area (Å²) in [5.41, 5.74) is -0.653. The molecule has 0 radical (unpaired) electrons. The fourth-order valence-corrected chi connectivity index (χ4v) is 1.19. The van der Waals surface area contributed by atoms with Gasteiger partial charge in [0.25, 0.3) is 0 Å². The van der Waals surface area contributed by atoms with Gasteiger partial charge in [-0.3, -0.25) is 4.85 Å². The highest BCUT2D eigenvalue weighted by Gasteiger charge is 2.68. The van der Waals surface area contributed by atoms with E-state index >= 15 is 0 Å². The second kappa shape index (κ2) is 1.48. The Balaban J connectivity index is 2.84. The molecule has 9 heavy (non-hydrogen) atoms. The summed E-state index contributed by atoms with van der Waals surface area (Å²) in [5, 5.41) is 8.53. The quantitative estimate of drug-likeness (QED) is 0.445. The molecule has 0 N–H and O–H groups in total. The molecule has 0 spiro atoms. The molecular formula is C7H8N2. The van der Waals surface area contributed by atoms with E-state index in [1.807, 2.05) is 19.9 Å². The van der Waals surface area contributed by atoms with Gasteiger partial charge >= 0.3 is 5.54 Å². The van der Waals surface area contributed by atoms with Gasteiger partial charge in [0, 0.05) is 0 Å². The molecule has 0 aliphatic heterocycles. The molecule has 0 amide bonds. The van der Waals surface area contributed by atoms with Crippen LogP contribution in [-0.4, -0.2) is 5.54 Å². The average Bonchev–Trinajstić information content (AvgIpc) is 2.39. The second-order valence-corrected chi connectivity index (χ2v) is 2.63. The number of hydrogen-bond donors (Lipinski definition) is 0. The van der Waals surface area contributed by atoms with E-state index in [2.05, 4.69) is 4.85 Å². The van der Waals surface area contributed by atoms with Gasteiger partial charge in [-0.1, -0.05) is 13.8 Å². The minimum absolute atomic E-state index is 0.278. The van der Waals surface area contributed by atoms with Crippen molar-refractivity contribution < 1.29 is 0 Å². The first kappa shape index (κ1) is 6.11. The van der Waals surface area contributed by atoms with Gasteiger partial charge in [-0.05, 0) is 0 Å². The summed E-state index contributed by atoms with van der Waals surface area (Å²) in [4.78, 5) is 3.30. The summed E-state index contributed by atoms with van der Waals surface area (Å²) < 4.78 is 0. The molecule has 1 rings (SSSR count). The topological polar surface area (TPSA) is 28.1 Å². The minimum Gasteiger partial charge on any atom is -0.294 e. The first-order valence-corrected chi connectivity index (χ1v) is 2.99. The predicted molar refractivity (Wildman–Crippen MR) is 33.3 cm³/mol. The lowest BCUT2D eigenvalue weighted by Gasteiger charge is -1.84. The molecule has 46 valence electrons. The van der Waals surface area contributed by atoms with Crippen molar-refractivity contribution in [2.75, 3.05) is 0 Å². The molecule has 1 aliphatic rings. The van der Waals surface area contributed by atoms with Gasteiger partial charge in [-0.25, -0.2) is 6.57 Å². The minimum atomic E-state index is -0.653. The number of nitrogens with zero attached hydrogens (tertiary/aromatic N) is 2. The summed E-state index contributed by atoms with van der Waals surface area (Å²) >= 11 is 0. The molecule has 0 heterocycles. The van der Waals surface area contributed by atoms with Crippen LogP contribution in [0.3, 0.4) is 0 Å². The zero-order chi connectivity index (χ0) is 7.07. The third kappa shape index (κ3) is 0.481.